The van der Waals surface area contributed by atoms with Gasteiger partial charge in [0.25, 0.3) is 0 Å². The summed E-state index contributed by atoms with van der Waals surface area (Å²) in [5.74, 6) is 1.43. The fourth-order valence-corrected chi connectivity index (χ4v) is 1.75. The van der Waals surface area contributed by atoms with Gasteiger partial charge in [-0.2, -0.15) is 4.80 Å². The molecule has 3 rings (SSSR count). The van der Waals surface area contributed by atoms with Crippen molar-refractivity contribution in [2.45, 2.75) is 13.1 Å². The lowest BCUT2D eigenvalue weighted by Crippen LogP contribution is -2.30. The van der Waals surface area contributed by atoms with E-state index in [1.165, 1.54) is 16.0 Å². The molecule has 9 heteroatoms. The normalized spacial score (nSPS) is 10.7. The van der Waals surface area contributed by atoms with Gasteiger partial charge in [0.15, 0.2) is 5.76 Å². The summed E-state index contributed by atoms with van der Waals surface area (Å²) in [6, 6.07) is 3.46. The number of nitrogens with zero attached hydrogens (tertiary/aromatic N) is 6. The summed E-state index contributed by atoms with van der Waals surface area (Å²) in [4.78, 5) is 21.9. The highest BCUT2D eigenvalue weighted by atomic mass is 16.3. The lowest BCUT2D eigenvalue weighted by Gasteiger charge is -2.14. The Kier molecular flexibility index (Phi) is 3.46. The number of rotatable bonds is 5. The van der Waals surface area contributed by atoms with Gasteiger partial charge in [-0.3, -0.25) is 4.79 Å². The molecule has 108 valence electrons. The van der Waals surface area contributed by atoms with Crippen molar-refractivity contribution in [2.24, 2.45) is 0 Å². The van der Waals surface area contributed by atoms with E-state index < -0.39 is 0 Å². The van der Waals surface area contributed by atoms with Crippen LogP contribution in [0.3, 0.4) is 0 Å². The minimum Gasteiger partial charge on any atom is -0.461 e. The molecule has 0 aliphatic rings. The number of carbonyl (C=O) groups excluding carboxylic acids is 1. The Morgan fingerprint density at radius 2 is 2.43 bits per heavy atom. The average Bonchev–Trinajstić information content (AvgIpc) is 3.20. The van der Waals surface area contributed by atoms with E-state index in [1.54, 1.807) is 31.6 Å². The van der Waals surface area contributed by atoms with Crippen LogP contribution in [-0.2, 0) is 17.9 Å². The largest absolute Gasteiger partial charge is 0.461 e. The van der Waals surface area contributed by atoms with Crippen molar-refractivity contribution in [3.63, 3.8) is 0 Å². The zero-order chi connectivity index (χ0) is 14.7. The molecule has 0 unspecified atom stereocenters. The Hall–Kier alpha value is -2.97. The van der Waals surface area contributed by atoms with Crippen molar-refractivity contribution in [1.82, 2.24) is 35.1 Å². The first-order valence-corrected chi connectivity index (χ1v) is 6.26. The molecular formula is C12H13N7O2. The van der Waals surface area contributed by atoms with Gasteiger partial charge in [0.1, 0.15) is 12.4 Å². The molecule has 1 amide bonds. The molecule has 3 heterocycles. The highest BCUT2D eigenvalue weighted by molar-refractivity contribution is 5.75. The molecule has 0 fully saturated rings. The van der Waals surface area contributed by atoms with E-state index in [0.29, 0.717) is 24.0 Å². The fraction of sp³-hybridized carbons (Fsp3) is 0.250. The summed E-state index contributed by atoms with van der Waals surface area (Å²) in [6.07, 6.45) is 4.88. The molecule has 0 aromatic carbocycles. The van der Waals surface area contributed by atoms with Gasteiger partial charge in [0.2, 0.25) is 11.7 Å². The van der Waals surface area contributed by atoms with Gasteiger partial charge < -0.3 is 14.3 Å². The number of imidazole rings is 1. The third kappa shape index (κ3) is 2.96. The predicted molar refractivity (Wildman–Crippen MR) is 70.6 cm³/mol. The first kappa shape index (κ1) is 13.0. The first-order chi connectivity index (χ1) is 10.2. The highest BCUT2D eigenvalue weighted by Crippen LogP contribution is 2.12. The van der Waals surface area contributed by atoms with Crippen molar-refractivity contribution >= 4 is 5.91 Å². The molecule has 0 spiro atoms. The zero-order valence-electron chi connectivity index (χ0n) is 11.3. The van der Waals surface area contributed by atoms with E-state index in [-0.39, 0.29) is 12.5 Å². The van der Waals surface area contributed by atoms with E-state index in [9.17, 15) is 4.79 Å². The maximum atomic E-state index is 12.1. The number of amides is 1. The number of furan rings is 1. The van der Waals surface area contributed by atoms with Crippen LogP contribution in [0.25, 0.3) is 11.6 Å². The molecule has 3 aromatic heterocycles. The second-order valence-electron chi connectivity index (χ2n) is 4.41. The van der Waals surface area contributed by atoms with Crippen LogP contribution in [0.1, 0.15) is 5.82 Å². The van der Waals surface area contributed by atoms with E-state index in [1.807, 2.05) is 0 Å². The Morgan fingerprint density at radius 3 is 3.14 bits per heavy atom. The summed E-state index contributed by atoms with van der Waals surface area (Å²) in [5, 5.41) is 11.8. The third-order valence-corrected chi connectivity index (χ3v) is 2.84. The standard InChI is InChI=1S/C12H13N7O2/c1-18(7-10-13-4-5-14-10)11(20)8-19-16-12(15-17-19)9-3-2-6-21-9/h2-6H,7-8H2,1H3,(H,13,14). The molecule has 0 saturated carbocycles. The molecule has 9 nitrogen and oxygen atoms in total. The number of nitrogens with one attached hydrogen (secondary N) is 1. The second kappa shape index (κ2) is 5.57. The smallest absolute Gasteiger partial charge is 0.246 e. The molecular weight excluding hydrogens is 274 g/mol. The molecule has 21 heavy (non-hydrogen) atoms. The average molecular weight is 287 g/mol. The molecule has 0 saturated heterocycles. The Bertz CT molecular complexity index is 702. The minimum absolute atomic E-state index is 0.00488. The zero-order valence-corrected chi connectivity index (χ0v) is 11.3. The molecule has 0 atom stereocenters. The van der Waals surface area contributed by atoms with E-state index >= 15 is 0 Å². The van der Waals surface area contributed by atoms with Crippen LogP contribution in [0.5, 0.6) is 0 Å². The van der Waals surface area contributed by atoms with Crippen LogP contribution in [0.15, 0.2) is 35.2 Å². The number of H-pyrrole nitrogens is 1. The van der Waals surface area contributed by atoms with Crippen LogP contribution in [0.4, 0.5) is 0 Å². The summed E-state index contributed by atoms with van der Waals surface area (Å²) in [7, 11) is 1.69. The number of hydrogen-bond acceptors (Lipinski definition) is 6. The van der Waals surface area contributed by atoms with Crippen LogP contribution in [0.2, 0.25) is 0 Å². The molecule has 0 aliphatic carbocycles. The Labute approximate surface area is 119 Å². The predicted octanol–water partition coefficient (Wildman–Crippen LogP) is 0.315. The lowest BCUT2D eigenvalue weighted by molar-refractivity contribution is -0.131. The van der Waals surface area contributed by atoms with Crippen molar-refractivity contribution in [1.29, 1.82) is 0 Å². The molecule has 0 bridgehead atoms. The number of carbonyl (C=O) groups is 1. The third-order valence-electron chi connectivity index (χ3n) is 2.84. The number of likely N-dealkylation sites (N-methyl/N-ethyl adjacent to an activating group) is 1. The summed E-state index contributed by atoms with van der Waals surface area (Å²) in [6.45, 7) is 0.399. The van der Waals surface area contributed by atoms with Gasteiger partial charge in [0, 0.05) is 19.4 Å². The second-order valence-corrected chi connectivity index (χ2v) is 4.41. The highest BCUT2D eigenvalue weighted by Gasteiger charge is 2.14. The monoisotopic (exact) mass is 287 g/mol. The SMILES string of the molecule is CN(Cc1ncc[nH]1)C(=O)Cn1nnc(-c2ccco2)n1. The maximum absolute atomic E-state index is 12.1. The van der Waals surface area contributed by atoms with Gasteiger partial charge >= 0.3 is 0 Å². The van der Waals surface area contributed by atoms with Gasteiger partial charge in [-0.15, -0.1) is 10.2 Å². The van der Waals surface area contributed by atoms with E-state index in [0.717, 1.165) is 0 Å². The summed E-state index contributed by atoms with van der Waals surface area (Å²) >= 11 is 0. The van der Waals surface area contributed by atoms with Gasteiger partial charge in [-0.05, 0) is 17.3 Å². The number of aromatic nitrogens is 6. The lowest BCUT2D eigenvalue weighted by atomic mass is 10.4. The topological polar surface area (TPSA) is 106 Å². The van der Waals surface area contributed by atoms with Crippen molar-refractivity contribution in [2.75, 3.05) is 7.05 Å². The number of tetrazole rings is 1. The number of aromatic amines is 1. The number of hydrogen-bond donors (Lipinski definition) is 1. The van der Waals surface area contributed by atoms with Gasteiger partial charge in [0.05, 0.1) is 12.8 Å². The van der Waals surface area contributed by atoms with Gasteiger partial charge in [-0.1, -0.05) is 0 Å². The van der Waals surface area contributed by atoms with Gasteiger partial charge in [-0.25, -0.2) is 4.98 Å². The Morgan fingerprint density at radius 1 is 1.52 bits per heavy atom. The van der Waals surface area contributed by atoms with Crippen LogP contribution in [0, 0.1) is 0 Å². The molecule has 0 aliphatic heterocycles. The molecule has 1 N–H and O–H groups in total. The summed E-state index contributed by atoms with van der Waals surface area (Å²) < 4.78 is 5.17. The van der Waals surface area contributed by atoms with E-state index in [4.69, 9.17) is 4.42 Å². The minimum atomic E-state index is -0.144. The van der Waals surface area contributed by atoms with Crippen LogP contribution < -0.4 is 0 Å². The quantitative estimate of drug-likeness (QED) is 0.724. The van der Waals surface area contributed by atoms with E-state index in [2.05, 4.69) is 25.4 Å². The fourth-order valence-electron chi connectivity index (χ4n) is 1.75. The first-order valence-electron chi connectivity index (χ1n) is 6.26. The Balaban J connectivity index is 1.62. The van der Waals surface area contributed by atoms with Crippen LogP contribution in [-0.4, -0.2) is 48.0 Å². The molecule has 3 aromatic rings. The molecule has 0 radical (unpaired) electrons. The van der Waals surface area contributed by atoms with Crippen LogP contribution >= 0.6 is 0 Å². The van der Waals surface area contributed by atoms with Crippen molar-refractivity contribution < 1.29 is 9.21 Å². The summed E-state index contributed by atoms with van der Waals surface area (Å²) in [5.41, 5.74) is 0. The van der Waals surface area contributed by atoms with Crippen molar-refractivity contribution in [3.8, 4) is 11.6 Å². The van der Waals surface area contributed by atoms with Crippen molar-refractivity contribution in [3.05, 3.63) is 36.6 Å². The maximum Gasteiger partial charge on any atom is 0.246 e.